The smallest absolute Gasteiger partial charge is 0.238 e. The average molecular weight is 367 g/mol. The van der Waals surface area contributed by atoms with Gasteiger partial charge in [-0.15, -0.1) is 12.4 Å². The first-order valence-corrected chi connectivity index (χ1v) is 7.96. The van der Waals surface area contributed by atoms with E-state index in [-0.39, 0.29) is 18.3 Å². The summed E-state index contributed by atoms with van der Waals surface area (Å²) in [5.41, 5.74) is 0.569. The van der Waals surface area contributed by atoms with Crippen molar-refractivity contribution in [2.45, 2.75) is 12.8 Å². The molecule has 1 aromatic rings. The number of benzene rings is 1. The van der Waals surface area contributed by atoms with Gasteiger partial charge in [0.25, 0.3) is 0 Å². The highest BCUT2D eigenvalue weighted by atomic mass is 35.5. The van der Waals surface area contributed by atoms with Gasteiger partial charge in [0.1, 0.15) is 0 Å². The zero-order valence-electron chi connectivity index (χ0n) is 12.6. The quantitative estimate of drug-likeness (QED) is 0.840. The zero-order valence-corrected chi connectivity index (χ0v) is 14.9. The van der Waals surface area contributed by atoms with E-state index in [1.807, 2.05) is 7.05 Å². The summed E-state index contributed by atoms with van der Waals surface area (Å²) in [7, 11) is 1.98. The summed E-state index contributed by atoms with van der Waals surface area (Å²) in [4.78, 5) is 14.3. The zero-order chi connectivity index (χ0) is 15.2. The Balaban J connectivity index is 0.00000242. The second-order valence-electron chi connectivity index (χ2n) is 5.43. The van der Waals surface area contributed by atoms with Gasteiger partial charge in [-0.2, -0.15) is 0 Å². The van der Waals surface area contributed by atoms with Gasteiger partial charge in [0.05, 0.1) is 22.3 Å². The highest BCUT2D eigenvalue weighted by Gasteiger charge is 2.20. The molecule has 1 fully saturated rings. The van der Waals surface area contributed by atoms with E-state index in [4.69, 9.17) is 23.2 Å². The Hall–Kier alpha value is -0.520. The van der Waals surface area contributed by atoms with Crippen molar-refractivity contribution < 1.29 is 4.79 Å². The van der Waals surface area contributed by atoms with Crippen molar-refractivity contribution in [3.05, 3.63) is 28.2 Å². The minimum Gasteiger partial charge on any atom is -0.324 e. The standard InChI is InChI=1S/C15H21Cl2N3O.ClH/c1-18-9-11-5-7-20(8-6-11)10-14(21)19-13-4-2-3-12(16)15(13)17;/h2-4,11,18H,5-10H2,1H3,(H,19,21);1H. The maximum Gasteiger partial charge on any atom is 0.238 e. The summed E-state index contributed by atoms with van der Waals surface area (Å²) in [5.74, 6) is 0.669. The number of hydrogen-bond donors (Lipinski definition) is 2. The summed E-state index contributed by atoms with van der Waals surface area (Å²) >= 11 is 12.0. The number of nitrogens with one attached hydrogen (secondary N) is 2. The van der Waals surface area contributed by atoms with Gasteiger partial charge in [-0.1, -0.05) is 29.3 Å². The number of hydrogen-bond acceptors (Lipinski definition) is 3. The highest BCUT2D eigenvalue weighted by molar-refractivity contribution is 6.43. The Kier molecular flexibility index (Phi) is 8.50. The molecule has 22 heavy (non-hydrogen) atoms. The van der Waals surface area contributed by atoms with Gasteiger partial charge >= 0.3 is 0 Å². The van der Waals surface area contributed by atoms with Crippen LogP contribution in [0.5, 0.6) is 0 Å². The topological polar surface area (TPSA) is 44.4 Å². The molecular weight excluding hydrogens is 345 g/mol. The Bertz CT molecular complexity index is 491. The van der Waals surface area contributed by atoms with Crippen LogP contribution in [0.4, 0.5) is 5.69 Å². The molecule has 0 aliphatic carbocycles. The van der Waals surface area contributed by atoms with Crippen LogP contribution in [-0.2, 0) is 4.79 Å². The number of carbonyl (C=O) groups excluding carboxylic acids is 1. The minimum absolute atomic E-state index is 0. The molecule has 0 saturated carbocycles. The Morgan fingerprint density at radius 3 is 2.64 bits per heavy atom. The third-order valence-corrected chi connectivity index (χ3v) is 4.61. The fraction of sp³-hybridized carbons (Fsp3) is 0.533. The van der Waals surface area contributed by atoms with Crippen molar-refractivity contribution in [3.8, 4) is 0 Å². The molecular formula is C15H22Cl3N3O. The molecule has 0 aromatic heterocycles. The molecule has 2 N–H and O–H groups in total. The van der Waals surface area contributed by atoms with Gasteiger partial charge < -0.3 is 10.6 Å². The average Bonchev–Trinajstić information content (AvgIpc) is 2.46. The van der Waals surface area contributed by atoms with E-state index in [1.165, 1.54) is 0 Å². The van der Waals surface area contributed by atoms with E-state index in [1.54, 1.807) is 18.2 Å². The van der Waals surface area contributed by atoms with Gasteiger partial charge in [-0.05, 0) is 57.6 Å². The fourth-order valence-corrected chi connectivity index (χ4v) is 2.98. The fourth-order valence-electron chi connectivity index (χ4n) is 2.63. The lowest BCUT2D eigenvalue weighted by atomic mass is 9.97. The summed E-state index contributed by atoms with van der Waals surface area (Å²) in [5, 5.41) is 6.87. The summed E-state index contributed by atoms with van der Waals surface area (Å²) < 4.78 is 0. The Morgan fingerprint density at radius 1 is 1.32 bits per heavy atom. The number of anilines is 1. The first-order chi connectivity index (χ1) is 10.1. The number of rotatable bonds is 5. The molecule has 0 radical (unpaired) electrons. The van der Waals surface area contributed by atoms with Crippen LogP contribution >= 0.6 is 35.6 Å². The first-order valence-electron chi connectivity index (χ1n) is 7.21. The van der Waals surface area contributed by atoms with Gasteiger partial charge in [-0.25, -0.2) is 0 Å². The van der Waals surface area contributed by atoms with Crippen molar-refractivity contribution in [1.82, 2.24) is 10.2 Å². The normalized spacial score (nSPS) is 16.1. The second-order valence-corrected chi connectivity index (χ2v) is 6.21. The molecule has 1 aliphatic rings. The van der Waals surface area contributed by atoms with Crippen molar-refractivity contribution in [1.29, 1.82) is 0 Å². The number of halogens is 3. The van der Waals surface area contributed by atoms with E-state index in [0.29, 0.717) is 22.3 Å². The van der Waals surface area contributed by atoms with Crippen LogP contribution in [0, 0.1) is 5.92 Å². The summed E-state index contributed by atoms with van der Waals surface area (Å²) in [6.07, 6.45) is 2.26. The lowest BCUT2D eigenvalue weighted by Gasteiger charge is -2.31. The van der Waals surface area contributed by atoms with Crippen LogP contribution in [0.15, 0.2) is 18.2 Å². The van der Waals surface area contributed by atoms with E-state index in [9.17, 15) is 4.79 Å². The largest absolute Gasteiger partial charge is 0.324 e. The SMILES string of the molecule is CNCC1CCN(CC(=O)Nc2cccc(Cl)c2Cl)CC1.Cl. The number of amides is 1. The van der Waals surface area contributed by atoms with Crippen molar-refractivity contribution >= 4 is 47.2 Å². The lowest BCUT2D eigenvalue weighted by Crippen LogP contribution is -2.40. The summed E-state index contributed by atoms with van der Waals surface area (Å²) in [6.45, 7) is 3.37. The highest BCUT2D eigenvalue weighted by Crippen LogP contribution is 2.29. The van der Waals surface area contributed by atoms with Gasteiger partial charge in [-0.3, -0.25) is 9.69 Å². The van der Waals surface area contributed by atoms with Crippen LogP contribution in [0.1, 0.15) is 12.8 Å². The van der Waals surface area contributed by atoms with Crippen LogP contribution < -0.4 is 10.6 Å². The van der Waals surface area contributed by atoms with E-state index in [2.05, 4.69) is 15.5 Å². The predicted octanol–water partition coefficient (Wildman–Crippen LogP) is 3.29. The summed E-state index contributed by atoms with van der Waals surface area (Å²) in [6, 6.07) is 5.23. The van der Waals surface area contributed by atoms with Crippen molar-refractivity contribution in [3.63, 3.8) is 0 Å². The molecule has 0 bridgehead atoms. The van der Waals surface area contributed by atoms with Crippen LogP contribution in [0.2, 0.25) is 10.0 Å². The van der Waals surface area contributed by atoms with Crippen LogP contribution in [0.3, 0.4) is 0 Å². The molecule has 2 rings (SSSR count). The molecule has 1 aromatic carbocycles. The Labute approximate surface area is 147 Å². The molecule has 4 nitrogen and oxygen atoms in total. The Morgan fingerprint density at radius 2 is 2.00 bits per heavy atom. The molecule has 0 atom stereocenters. The third kappa shape index (κ3) is 5.60. The monoisotopic (exact) mass is 365 g/mol. The van der Waals surface area contributed by atoms with Crippen molar-refractivity contribution in [2.75, 3.05) is 38.5 Å². The minimum atomic E-state index is -0.0498. The van der Waals surface area contributed by atoms with E-state index in [0.717, 1.165) is 38.4 Å². The van der Waals surface area contributed by atoms with Crippen LogP contribution in [-0.4, -0.2) is 44.0 Å². The molecule has 0 spiro atoms. The van der Waals surface area contributed by atoms with Gasteiger partial charge in [0.15, 0.2) is 0 Å². The molecule has 0 unspecified atom stereocenters. The molecule has 1 amide bonds. The molecule has 1 aliphatic heterocycles. The van der Waals surface area contributed by atoms with E-state index >= 15 is 0 Å². The molecule has 124 valence electrons. The second kappa shape index (κ2) is 9.58. The molecule has 1 saturated heterocycles. The maximum absolute atomic E-state index is 12.1. The van der Waals surface area contributed by atoms with Gasteiger partial charge in [0.2, 0.25) is 5.91 Å². The van der Waals surface area contributed by atoms with Crippen molar-refractivity contribution in [2.24, 2.45) is 5.92 Å². The maximum atomic E-state index is 12.1. The van der Waals surface area contributed by atoms with Crippen LogP contribution in [0.25, 0.3) is 0 Å². The first kappa shape index (κ1) is 19.5. The number of nitrogens with zero attached hydrogens (tertiary/aromatic N) is 1. The third-order valence-electron chi connectivity index (χ3n) is 3.79. The molecule has 1 heterocycles. The number of carbonyl (C=O) groups is 1. The van der Waals surface area contributed by atoms with E-state index < -0.39 is 0 Å². The number of piperidine rings is 1. The number of likely N-dealkylation sites (tertiary alicyclic amines) is 1. The molecule has 7 heteroatoms. The predicted molar refractivity (Wildman–Crippen MR) is 95.4 cm³/mol. The lowest BCUT2D eigenvalue weighted by molar-refractivity contribution is -0.117. The van der Waals surface area contributed by atoms with Gasteiger partial charge in [0, 0.05) is 0 Å².